The van der Waals surface area contributed by atoms with Crippen LogP contribution in [0.3, 0.4) is 0 Å². The molecular formula is C23H22N2O6S2. The zero-order valence-corrected chi connectivity index (χ0v) is 19.1. The van der Waals surface area contributed by atoms with Crippen LogP contribution < -0.4 is 4.87 Å². The lowest BCUT2D eigenvalue weighted by Gasteiger charge is -2.43. The smallest absolute Gasteiger partial charge is 0.305 e. The second-order valence-electron chi connectivity index (χ2n) is 9.38. The van der Waals surface area contributed by atoms with E-state index in [1.165, 1.54) is 16.2 Å². The number of phenolic OH excluding ortho intramolecular Hbond substituents is 1. The lowest BCUT2D eigenvalue weighted by atomic mass is 9.68. The lowest BCUT2D eigenvalue weighted by Crippen LogP contribution is -2.42. The Morgan fingerprint density at radius 3 is 2.48 bits per heavy atom. The zero-order valence-electron chi connectivity index (χ0n) is 17.5. The molecule has 1 saturated heterocycles. The number of phenols is 1. The number of H-pyrrole nitrogens is 1. The third kappa shape index (κ3) is 3.03. The topological polar surface area (TPSA) is 128 Å². The minimum absolute atomic E-state index is 0.0302. The summed E-state index contributed by atoms with van der Waals surface area (Å²) in [5.74, 6) is -1.69. The summed E-state index contributed by atoms with van der Waals surface area (Å²) in [7, 11) is 0. The monoisotopic (exact) mass is 486 g/mol. The number of carboxylic acids is 1. The first-order valence-corrected chi connectivity index (χ1v) is 12.8. The van der Waals surface area contributed by atoms with Crippen molar-refractivity contribution in [1.82, 2.24) is 9.88 Å². The quantitative estimate of drug-likeness (QED) is 0.554. The van der Waals surface area contributed by atoms with Crippen molar-refractivity contribution in [3.8, 4) is 5.75 Å². The molecule has 6 rings (SSSR count). The number of rotatable bonds is 5. The van der Waals surface area contributed by atoms with Gasteiger partial charge >= 0.3 is 10.8 Å². The maximum Gasteiger partial charge on any atom is 0.305 e. The highest BCUT2D eigenvalue weighted by molar-refractivity contribution is 8.00. The first-order chi connectivity index (χ1) is 15.8. The number of aliphatic carboxylic acids is 1. The number of nitrogens with zero attached hydrogens (tertiary/aromatic N) is 1. The van der Waals surface area contributed by atoms with Crippen LogP contribution in [0.15, 0.2) is 34.1 Å². The number of imide groups is 1. The molecular weight excluding hydrogens is 464 g/mol. The van der Waals surface area contributed by atoms with Gasteiger partial charge in [-0.05, 0) is 48.3 Å². The van der Waals surface area contributed by atoms with Gasteiger partial charge in [0.25, 0.3) is 0 Å². The minimum atomic E-state index is -0.936. The highest BCUT2D eigenvalue weighted by Gasteiger charge is 2.69. The Hall–Kier alpha value is -2.59. The molecule has 4 aliphatic rings. The van der Waals surface area contributed by atoms with Crippen molar-refractivity contribution in [3.05, 3.63) is 44.4 Å². The second kappa shape index (κ2) is 7.46. The lowest BCUT2D eigenvalue weighted by molar-refractivity contribution is -0.142. The Kier molecular flexibility index (Phi) is 4.74. The number of aromatic hydroxyl groups is 1. The van der Waals surface area contributed by atoms with Crippen molar-refractivity contribution in [3.63, 3.8) is 0 Å². The highest BCUT2D eigenvalue weighted by Crippen LogP contribution is 2.68. The van der Waals surface area contributed by atoms with Crippen molar-refractivity contribution in [1.29, 1.82) is 0 Å². The molecule has 3 N–H and O–H groups in total. The largest absolute Gasteiger partial charge is 0.508 e. The Morgan fingerprint density at radius 1 is 1.09 bits per heavy atom. The van der Waals surface area contributed by atoms with E-state index < -0.39 is 5.97 Å². The Morgan fingerprint density at radius 2 is 1.79 bits per heavy atom. The number of aromatic nitrogens is 1. The number of hydrogen-bond donors (Lipinski definition) is 3. The van der Waals surface area contributed by atoms with Crippen LogP contribution in [-0.4, -0.2) is 49.7 Å². The summed E-state index contributed by atoms with van der Waals surface area (Å²) in [5.41, 5.74) is 0.999. The van der Waals surface area contributed by atoms with Crippen LogP contribution in [0, 0.1) is 29.6 Å². The average molecular weight is 487 g/mol. The van der Waals surface area contributed by atoms with Crippen LogP contribution in [0.25, 0.3) is 0 Å². The van der Waals surface area contributed by atoms with Gasteiger partial charge in [0, 0.05) is 29.0 Å². The van der Waals surface area contributed by atoms with E-state index in [0.29, 0.717) is 0 Å². The number of carbonyl (C=O) groups excluding carboxylic acids is 2. The number of amides is 2. The summed E-state index contributed by atoms with van der Waals surface area (Å²) in [6.45, 7) is 0.154. The average Bonchev–Trinajstić information content (AvgIpc) is 3.49. The predicted molar refractivity (Wildman–Crippen MR) is 120 cm³/mol. The molecule has 2 saturated carbocycles. The number of carbonyl (C=O) groups is 3. The molecule has 7 atom stereocenters. The van der Waals surface area contributed by atoms with Gasteiger partial charge in [0.1, 0.15) is 5.75 Å². The number of fused-ring (bicyclic) bond motifs is 9. The van der Waals surface area contributed by atoms with Gasteiger partial charge in [-0.25, -0.2) is 0 Å². The minimum Gasteiger partial charge on any atom is -0.508 e. The second-order valence-corrected chi connectivity index (χ2v) is 11.6. The molecule has 33 heavy (non-hydrogen) atoms. The van der Waals surface area contributed by atoms with E-state index in [1.807, 2.05) is 12.1 Å². The summed E-state index contributed by atoms with van der Waals surface area (Å²) in [4.78, 5) is 54.8. The van der Waals surface area contributed by atoms with Gasteiger partial charge in [0.15, 0.2) is 0 Å². The molecule has 1 aromatic carbocycles. The summed E-state index contributed by atoms with van der Waals surface area (Å²) >= 11 is 2.84. The molecule has 0 radical (unpaired) electrons. The summed E-state index contributed by atoms with van der Waals surface area (Å²) in [5, 5.41) is 19.7. The first-order valence-electron chi connectivity index (χ1n) is 11.1. The van der Waals surface area contributed by atoms with Gasteiger partial charge in [-0.3, -0.25) is 24.1 Å². The standard InChI is InChI=1S/C23H22N2O6S2/c26-10-5-3-9(4-6-10)14-15-11-8-12(18(15)32-20-19(14)33-23(31)24-20)17-16(11)21(29)25(22(17)30)7-1-2-13(27)28/h3-6,11-12,14-18,26H,1-2,7-8H2,(H,24,31)(H,27,28)/t11-,12-,14-,15-,16-,17+,18-/m1/s1. The van der Waals surface area contributed by atoms with Gasteiger partial charge in [-0.2, -0.15) is 0 Å². The van der Waals surface area contributed by atoms with Gasteiger partial charge in [0.2, 0.25) is 11.8 Å². The molecule has 1 aromatic heterocycles. The number of thiazole rings is 1. The van der Waals surface area contributed by atoms with Crippen LogP contribution in [0.2, 0.25) is 0 Å². The molecule has 0 spiro atoms. The van der Waals surface area contributed by atoms with Crippen molar-refractivity contribution in [2.75, 3.05) is 6.54 Å². The van der Waals surface area contributed by atoms with Crippen LogP contribution in [0.4, 0.5) is 0 Å². The normalized spacial score (nSPS) is 33.8. The number of benzene rings is 1. The predicted octanol–water partition coefficient (Wildman–Crippen LogP) is 2.48. The SMILES string of the molecule is O=C(O)CCCN1C(=O)[C@@H]2[C@@H]3C[C@@H]([C@H]4Sc5[nH]c(=O)sc5[C@H](c5ccc(O)cc5)[C@@H]34)[C@@H]2C1=O. The number of thioether (sulfide) groups is 1. The van der Waals surface area contributed by atoms with E-state index in [4.69, 9.17) is 5.11 Å². The maximum atomic E-state index is 13.3. The van der Waals surface area contributed by atoms with Crippen LogP contribution in [0.5, 0.6) is 5.75 Å². The molecule has 3 heterocycles. The van der Waals surface area contributed by atoms with E-state index in [-0.39, 0.29) is 82.6 Å². The molecule has 2 bridgehead atoms. The highest BCUT2D eigenvalue weighted by atomic mass is 32.2. The Balaban J connectivity index is 1.37. The molecule has 2 amide bonds. The van der Waals surface area contributed by atoms with E-state index in [1.54, 1.807) is 23.9 Å². The van der Waals surface area contributed by atoms with E-state index in [2.05, 4.69) is 4.98 Å². The third-order valence-electron chi connectivity index (χ3n) is 7.84. The van der Waals surface area contributed by atoms with Crippen molar-refractivity contribution in [2.24, 2.45) is 29.6 Å². The third-order valence-corrected chi connectivity index (χ3v) is 10.4. The zero-order chi connectivity index (χ0) is 23.0. The fourth-order valence-corrected chi connectivity index (χ4v) is 9.63. The van der Waals surface area contributed by atoms with Crippen molar-refractivity contribution >= 4 is 40.9 Å². The molecule has 2 aromatic rings. The van der Waals surface area contributed by atoms with E-state index in [0.717, 1.165) is 21.9 Å². The van der Waals surface area contributed by atoms with Gasteiger partial charge in [-0.1, -0.05) is 23.5 Å². The van der Waals surface area contributed by atoms with E-state index >= 15 is 0 Å². The number of likely N-dealkylation sites (tertiary alicyclic amines) is 1. The maximum absolute atomic E-state index is 13.3. The Bertz CT molecular complexity index is 1220. The molecule has 172 valence electrons. The van der Waals surface area contributed by atoms with Crippen LogP contribution in [0.1, 0.15) is 35.6 Å². The molecule has 10 heteroatoms. The van der Waals surface area contributed by atoms with Crippen LogP contribution in [-0.2, 0) is 14.4 Å². The molecule has 0 unspecified atom stereocenters. The molecule has 3 fully saturated rings. The fourth-order valence-electron chi connectivity index (χ4n) is 6.74. The number of aromatic amines is 1. The first kappa shape index (κ1) is 21.0. The van der Waals surface area contributed by atoms with Gasteiger partial charge < -0.3 is 15.2 Å². The van der Waals surface area contributed by atoms with E-state index in [9.17, 15) is 24.3 Å². The Labute approximate surface area is 197 Å². The number of hydrogen-bond acceptors (Lipinski definition) is 7. The summed E-state index contributed by atoms with van der Waals surface area (Å²) in [6, 6.07) is 7.05. The number of carboxylic acid groups (broad SMARTS) is 1. The van der Waals surface area contributed by atoms with Crippen molar-refractivity contribution < 1.29 is 24.6 Å². The van der Waals surface area contributed by atoms with Gasteiger partial charge in [-0.15, -0.1) is 11.8 Å². The summed E-state index contributed by atoms with van der Waals surface area (Å²) in [6.07, 6.45) is 1.00. The molecule has 8 nitrogen and oxygen atoms in total. The van der Waals surface area contributed by atoms with Crippen LogP contribution >= 0.6 is 23.1 Å². The van der Waals surface area contributed by atoms with Crippen molar-refractivity contribution in [2.45, 2.75) is 35.5 Å². The fraction of sp³-hybridized carbons (Fsp3) is 0.478. The molecule has 2 aliphatic heterocycles. The van der Waals surface area contributed by atoms with Gasteiger partial charge in [0.05, 0.1) is 16.9 Å². The molecule has 2 aliphatic carbocycles. The summed E-state index contributed by atoms with van der Waals surface area (Å²) < 4.78 is 0. The number of nitrogens with one attached hydrogen (secondary N) is 1.